The van der Waals surface area contributed by atoms with Crippen LogP contribution in [0.25, 0.3) is 0 Å². The number of rotatable bonds is 5. The molecule has 0 radical (unpaired) electrons. The van der Waals surface area contributed by atoms with Gasteiger partial charge in [0.25, 0.3) is 0 Å². The zero-order valence-electron chi connectivity index (χ0n) is 10.0. The Hall–Kier alpha value is -1.01. The Morgan fingerprint density at radius 2 is 2.29 bits per heavy atom. The summed E-state index contributed by atoms with van der Waals surface area (Å²) in [5.41, 5.74) is 1.66. The number of nitrogens with one attached hydrogen (secondary N) is 1. The summed E-state index contributed by atoms with van der Waals surface area (Å²) in [5.74, 6) is 0.908. The molecule has 0 bridgehead atoms. The maximum atomic E-state index is 9.16. The van der Waals surface area contributed by atoms with Gasteiger partial charge in [-0.2, -0.15) is 5.26 Å². The molecule has 90 valence electrons. The summed E-state index contributed by atoms with van der Waals surface area (Å²) in [5, 5.41) is 12.7. The van der Waals surface area contributed by atoms with Crippen molar-refractivity contribution in [2.24, 2.45) is 5.92 Å². The van der Waals surface area contributed by atoms with Crippen molar-refractivity contribution < 1.29 is 0 Å². The van der Waals surface area contributed by atoms with E-state index in [1.807, 2.05) is 18.2 Å². The molecule has 1 aromatic rings. The van der Waals surface area contributed by atoms with Gasteiger partial charge in [-0.1, -0.05) is 25.8 Å². The molecule has 1 N–H and O–H groups in total. The monoisotopic (exact) mass is 292 g/mol. The maximum Gasteiger partial charge on any atom is 0.103 e. The van der Waals surface area contributed by atoms with Crippen LogP contribution in [0, 0.1) is 17.2 Å². The third kappa shape index (κ3) is 3.23. The molecule has 1 atom stereocenters. The molecule has 1 aliphatic carbocycles. The summed E-state index contributed by atoms with van der Waals surface area (Å²) < 4.78 is 0.867. The number of anilines is 1. The van der Waals surface area contributed by atoms with Gasteiger partial charge in [-0.3, -0.25) is 0 Å². The van der Waals surface area contributed by atoms with Gasteiger partial charge in [0.05, 0.1) is 11.3 Å². The number of benzene rings is 1. The van der Waals surface area contributed by atoms with Crippen LogP contribution in [0.2, 0.25) is 0 Å². The van der Waals surface area contributed by atoms with E-state index in [9.17, 15) is 0 Å². The molecule has 1 fully saturated rings. The minimum atomic E-state index is 0.490. The molecule has 1 unspecified atom stereocenters. The van der Waals surface area contributed by atoms with E-state index in [0.717, 1.165) is 22.5 Å². The van der Waals surface area contributed by atoms with E-state index in [4.69, 9.17) is 5.26 Å². The highest BCUT2D eigenvalue weighted by Gasteiger charge is 2.25. The number of hydrogen-bond acceptors (Lipinski definition) is 2. The second-order valence-corrected chi connectivity index (χ2v) is 5.56. The van der Waals surface area contributed by atoms with Crippen molar-refractivity contribution in [3.8, 4) is 6.07 Å². The molecule has 3 heteroatoms. The Bertz CT molecular complexity index is 432. The number of halogens is 1. The number of hydrogen-bond donors (Lipinski definition) is 1. The van der Waals surface area contributed by atoms with Crippen molar-refractivity contribution in [3.05, 3.63) is 28.2 Å². The first kappa shape index (κ1) is 12.4. The Labute approximate surface area is 111 Å². The van der Waals surface area contributed by atoms with E-state index in [1.165, 1.54) is 19.3 Å². The second-order valence-electron chi connectivity index (χ2n) is 4.70. The molecule has 1 aromatic carbocycles. The lowest BCUT2D eigenvalue weighted by Crippen LogP contribution is -2.19. The van der Waals surface area contributed by atoms with Crippen LogP contribution in [0.3, 0.4) is 0 Å². The fourth-order valence-electron chi connectivity index (χ4n) is 2.06. The van der Waals surface area contributed by atoms with Crippen molar-refractivity contribution in [1.29, 1.82) is 5.26 Å². The highest BCUT2D eigenvalue weighted by Crippen LogP contribution is 2.35. The fourth-order valence-corrected chi connectivity index (χ4v) is 2.52. The third-order valence-corrected chi connectivity index (χ3v) is 3.95. The lowest BCUT2D eigenvalue weighted by Gasteiger charge is -2.19. The first-order chi connectivity index (χ1) is 8.24. The Morgan fingerprint density at radius 3 is 2.88 bits per heavy atom. The summed E-state index contributed by atoms with van der Waals surface area (Å²) in [6.45, 7) is 2.20. The van der Waals surface area contributed by atoms with Crippen LogP contribution in [0.5, 0.6) is 0 Å². The highest BCUT2D eigenvalue weighted by atomic mass is 79.9. The first-order valence-corrected chi connectivity index (χ1v) is 6.99. The summed E-state index contributed by atoms with van der Waals surface area (Å²) in [7, 11) is 0. The highest BCUT2D eigenvalue weighted by molar-refractivity contribution is 9.10. The zero-order chi connectivity index (χ0) is 12.3. The summed E-state index contributed by atoms with van der Waals surface area (Å²) in [4.78, 5) is 0. The molecule has 1 saturated carbocycles. The molecule has 0 aliphatic heterocycles. The summed E-state index contributed by atoms with van der Waals surface area (Å²) >= 11 is 3.42. The van der Waals surface area contributed by atoms with Crippen LogP contribution in [0.15, 0.2) is 22.7 Å². The summed E-state index contributed by atoms with van der Waals surface area (Å²) in [6.07, 6.45) is 5.09. The van der Waals surface area contributed by atoms with Gasteiger partial charge < -0.3 is 5.32 Å². The molecule has 0 spiro atoms. The van der Waals surface area contributed by atoms with E-state index in [-0.39, 0.29) is 0 Å². The van der Waals surface area contributed by atoms with E-state index in [0.29, 0.717) is 11.6 Å². The Balaban J connectivity index is 2.10. The predicted molar refractivity (Wildman–Crippen MR) is 73.9 cm³/mol. The minimum Gasteiger partial charge on any atom is -0.381 e. The van der Waals surface area contributed by atoms with Crippen LogP contribution in [-0.2, 0) is 0 Å². The van der Waals surface area contributed by atoms with Crippen LogP contribution in [0.4, 0.5) is 5.69 Å². The number of nitriles is 1. The lowest BCUT2D eigenvalue weighted by atomic mass is 10.1. The van der Waals surface area contributed by atoms with Crippen molar-refractivity contribution in [3.63, 3.8) is 0 Å². The van der Waals surface area contributed by atoms with Crippen LogP contribution in [-0.4, -0.2) is 6.04 Å². The molecule has 2 rings (SSSR count). The van der Waals surface area contributed by atoms with Gasteiger partial charge in [-0.15, -0.1) is 0 Å². The first-order valence-electron chi connectivity index (χ1n) is 6.19. The molecular weight excluding hydrogens is 276 g/mol. The quantitative estimate of drug-likeness (QED) is 0.878. The van der Waals surface area contributed by atoms with Crippen molar-refractivity contribution in [2.45, 2.75) is 38.6 Å². The smallest absolute Gasteiger partial charge is 0.103 e. The molecule has 1 aliphatic rings. The van der Waals surface area contributed by atoms with Crippen LogP contribution < -0.4 is 5.32 Å². The molecule has 2 nitrogen and oxygen atoms in total. The Kier molecular flexibility index (Phi) is 4.06. The van der Waals surface area contributed by atoms with E-state index in [1.54, 1.807) is 0 Å². The SMILES string of the molecule is CCC(CC1CC1)Nc1cccc(Br)c1C#N. The van der Waals surface area contributed by atoms with E-state index >= 15 is 0 Å². The second kappa shape index (κ2) is 5.55. The Morgan fingerprint density at radius 1 is 1.53 bits per heavy atom. The van der Waals surface area contributed by atoms with Gasteiger partial charge in [-0.05, 0) is 46.8 Å². The largest absolute Gasteiger partial charge is 0.381 e. The summed E-state index contributed by atoms with van der Waals surface area (Å²) in [6, 6.07) is 8.61. The van der Waals surface area contributed by atoms with Crippen molar-refractivity contribution >= 4 is 21.6 Å². The zero-order valence-corrected chi connectivity index (χ0v) is 11.6. The normalized spacial score (nSPS) is 16.3. The molecule has 0 saturated heterocycles. The average molecular weight is 293 g/mol. The van der Waals surface area contributed by atoms with Gasteiger partial charge in [-0.25, -0.2) is 0 Å². The van der Waals surface area contributed by atoms with Gasteiger partial charge in [0.1, 0.15) is 6.07 Å². The van der Waals surface area contributed by atoms with E-state index < -0.39 is 0 Å². The molecule has 0 heterocycles. The van der Waals surface area contributed by atoms with Gasteiger partial charge in [0.2, 0.25) is 0 Å². The predicted octanol–water partition coefficient (Wildman–Crippen LogP) is 4.31. The minimum absolute atomic E-state index is 0.490. The molecule has 0 amide bonds. The third-order valence-electron chi connectivity index (χ3n) is 3.29. The maximum absolute atomic E-state index is 9.16. The van der Waals surface area contributed by atoms with Crippen molar-refractivity contribution in [2.75, 3.05) is 5.32 Å². The molecule has 0 aromatic heterocycles. The van der Waals surface area contributed by atoms with Crippen LogP contribution >= 0.6 is 15.9 Å². The van der Waals surface area contributed by atoms with E-state index in [2.05, 4.69) is 34.2 Å². The van der Waals surface area contributed by atoms with Gasteiger partial charge in [0.15, 0.2) is 0 Å². The standard InChI is InChI=1S/C14H17BrN2/c1-2-11(8-10-6-7-10)17-14-5-3-4-13(15)12(14)9-16/h3-5,10-11,17H,2,6-8H2,1H3. The molecular formula is C14H17BrN2. The van der Waals surface area contributed by atoms with Gasteiger partial charge >= 0.3 is 0 Å². The molecule has 17 heavy (non-hydrogen) atoms. The average Bonchev–Trinajstić information content (AvgIpc) is 3.12. The lowest BCUT2D eigenvalue weighted by molar-refractivity contribution is 0.587. The van der Waals surface area contributed by atoms with Crippen LogP contribution in [0.1, 0.15) is 38.2 Å². The topological polar surface area (TPSA) is 35.8 Å². The van der Waals surface area contributed by atoms with Crippen molar-refractivity contribution in [1.82, 2.24) is 0 Å². The van der Waals surface area contributed by atoms with Gasteiger partial charge in [0, 0.05) is 10.5 Å². The fraction of sp³-hybridized carbons (Fsp3) is 0.500. The number of nitrogens with zero attached hydrogens (tertiary/aromatic N) is 1.